The number of carbonyl (C=O) groups excluding carboxylic acids is 1. The van der Waals surface area contributed by atoms with Gasteiger partial charge in [-0.2, -0.15) is 0 Å². The van der Waals surface area contributed by atoms with Crippen molar-refractivity contribution in [2.24, 2.45) is 0 Å². The molecule has 4 rings (SSSR count). The van der Waals surface area contributed by atoms with Crippen LogP contribution in [0.4, 0.5) is 9.52 Å². The molecule has 0 saturated heterocycles. The van der Waals surface area contributed by atoms with Crippen molar-refractivity contribution in [3.05, 3.63) is 70.4 Å². The molecule has 7 heteroatoms. The summed E-state index contributed by atoms with van der Waals surface area (Å²) < 4.78 is 17.9. The molecule has 1 N–H and O–H groups in total. The van der Waals surface area contributed by atoms with Gasteiger partial charge in [-0.15, -0.1) is 11.3 Å². The van der Waals surface area contributed by atoms with E-state index in [1.807, 2.05) is 12.1 Å². The van der Waals surface area contributed by atoms with E-state index < -0.39 is 0 Å². The number of aromatic nitrogens is 1. The van der Waals surface area contributed by atoms with E-state index in [4.69, 9.17) is 4.42 Å². The average Bonchev–Trinajstić information content (AvgIpc) is 3.26. The van der Waals surface area contributed by atoms with Crippen LogP contribution >= 0.6 is 11.3 Å². The molecule has 1 aromatic carbocycles. The van der Waals surface area contributed by atoms with E-state index in [-0.39, 0.29) is 11.7 Å². The number of fused-ring (bicyclic) bond motifs is 1. The predicted molar refractivity (Wildman–Crippen MR) is 93.0 cm³/mol. The van der Waals surface area contributed by atoms with Crippen molar-refractivity contribution in [3.8, 4) is 0 Å². The largest absolute Gasteiger partial charge is 0.472 e. The highest BCUT2D eigenvalue weighted by Gasteiger charge is 2.21. The number of rotatable bonds is 4. The lowest BCUT2D eigenvalue weighted by Gasteiger charge is -2.25. The molecule has 0 spiro atoms. The van der Waals surface area contributed by atoms with Gasteiger partial charge in [-0.25, -0.2) is 9.37 Å². The molecule has 2 aromatic heterocycles. The Morgan fingerprint density at radius 3 is 2.92 bits per heavy atom. The van der Waals surface area contributed by atoms with Gasteiger partial charge in [0.15, 0.2) is 5.13 Å². The quantitative estimate of drug-likeness (QED) is 0.774. The van der Waals surface area contributed by atoms with Gasteiger partial charge in [-0.1, -0.05) is 12.1 Å². The molecular weight excluding hydrogens is 341 g/mol. The highest BCUT2D eigenvalue weighted by atomic mass is 32.1. The van der Waals surface area contributed by atoms with E-state index in [9.17, 15) is 9.18 Å². The van der Waals surface area contributed by atoms with Crippen LogP contribution in [-0.4, -0.2) is 22.3 Å². The predicted octanol–water partition coefficient (Wildman–Crippen LogP) is 3.69. The average molecular weight is 357 g/mol. The summed E-state index contributed by atoms with van der Waals surface area (Å²) in [6.45, 7) is 2.45. The summed E-state index contributed by atoms with van der Waals surface area (Å²) in [5, 5.41) is 3.43. The van der Waals surface area contributed by atoms with Crippen LogP contribution in [0.1, 0.15) is 26.5 Å². The fraction of sp³-hybridized carbons (Fsp3) is 0.222. The number of hydrogen-bond donors (Lipinski definition) is 1. The number of carbonyl (C=O) groups is 1. The number of furan rings is 1. The van der Waals surface area contributed by atoms with Gasteiger partial charge in [0, 0.05) is 30.9 Å². The van der Waals surface area contributed by atoms with Crippen LogP contribution in [0.25, 0.3) is 0 Å². The molecule has 3 aromatic rings. The third-order valence-electron chi connectivity index (χ3n) is 4.13. The van der Waals surface area contributed by atoms with E-state index >= 15 is 0 Å². The van der Waals surface area contributed by atoms with Crippen LogP contribution in [0.5, 0.6) is 0 Å². The lowest BCUT2D eigenvalue weighted by Crippen LogP contribution is -2.29. The van der Waals surface area contributed by atoms with Crippen molar-refractivity contribution in [1.29, 1.82) is 0 Å². The summed E-state index contributed by atoms with van der Waals surface area (Å²) in [6.07, 6.45) is 3.72. The summed E-state index contributed by atoms with van der Waals surface area (Å²) >= 11 is 1.50. The Kier molecular flexibility index (Phi) is 4.33. The number of halogens is 1. The third-order valence-corrected chi connectivity index (χ3v) is 5.13. The maximum absolute atomic E-state index is 13.0. The fourth-order valence-electron chi connectivity index (χ4n) is 2.85. The van der Waals surface area contributed by atoms with Gasteiger partial charge in [-0.3, -0.25) is 15.0 Å². The number of hydrogen-bond acceptors (Lipinski definition) is 5. The highest BCUT2D eigenvalue weighted by molar-refractivity contribution is 7.15. The molecule has 0 aliphatic carbocycles. The first-order chi connectivity index (χ1) is 12.2. The maximum Gasteiger partial charge on any atom is 0.260 e. The summed E-state index contributed by atoms with van der Waals surface area (Å²) in [5.41, 5.74) is 2.61. The standard InChI is InChI=1S/C18H16FN3O2S/c19-14-3-1-12(2-4-14)9-22-7-5-15-16(10-22)25-18(20-15)21-17(23)13-6-8-24-11-13/h1-4,6,8,11H,5,7,9-10H2,(H,20,21,23). The van der Waals surface area contributed by atoms with E-state index in [1.165, 1.54) is 36.0 Å². The Balaban J connectivity index is 1.42. The maximum atomic E-state index is 13.0. The molecule has 0 unspecified atom stereocenters. The first-order valence-electron chi connectivity index (χ1n) is 7.96. The Bertz CT molecular complexity index is 874. The molecule has 1 aliphatic heterocycles. The molecule has 0 radical (unpaired) electrons. The molecular formula is C18H16FN3O2S. The summed E-state index contributed by atoms with van der Waals surface area (Å²) in [4.78, 5) is 20.1. The minimum absolute atomic E-state index is 0.217. The zero-order valence-electron chi connectivity index (χ0n) is 13.4. The normalized spacial score (nSPS) is 14.3. The molecule has 0 atom stereocenters. The highest BCUT2D eigenvalue weighted by Crippen LogP contribution is 2.29. The van der Waals surface area contributed by atoms with Crippen LogP contribution in [0, 0.1) is 5.82 Å². The van der Waals surface area contributed by atoms with Gasteiger partial charge in [0.2, 0.25) is 0 Å². The monoisotopic (exact) mass is 357 g/mol. The van der Waals surface area contributed by atoms with Crippen molar-refractivity contribution in [3.63, 3.8) is 0 Å². The Hall–Kier alpha value is -2.51. The molecule has 0 bridgehead atoms. The van der Waals surface area contributed by atoms with Gasteiger partial charge in [0.25, 0.3) is 5.91 Å². The minimum Gasteiger partial charge on any atom is -0.472 e. The number of benzene rings is 1. The molecule has 1 aliphatic rings. The van der Waals surface area contributed by atoms with Crippen LogP contribution in [0.3, 0.4) is 0 Å². The van der Waals surface area contributed by atoms with Crippen LogP contribution in [0.15, 0.2) is 47.3 Å². The van der Waals surface area contributed by atoms with Crippen molar-refractivity contribution in [2.75, 3.05) is 11.9 Å². The number of anilines is 1. The molecule has 128 valence electrons. The van der Waals surface area contributed by atoms with Crippen molar-refractivity contribution < 1.29 is 13.6 Å². The third kappa shape index (κ3) is 3.62. The second kappa shape index (κ2) is 6.78. The topological polar surface area (TPSA) is 58.4 Å². The number of thiazole rings is 1. The Morgan fingerprint density at radius 1 is 1.32 bits per heavy atom. The lowest BCUT2D eigenvalue weighted by atomic mass is 10.1. The summed E-state index contributed by atoms with van der Waals surface area (Å²) in [7, 11) is 0. The lowest BCUT2D eigenvalue weighted by molar-refractivity contribution is 0.102. The van der Waals surface area contributed by atoms with Crippen LogP contribution < -0.4 is 5.32 Å². The van der Waals surface area contributed by atoms with Crippen molar-refractivity contribution >= 4 is 22.4 Å². The number of amides is 1. The first kappa shape index (κ1) is 16.0. The van der Waals surface area contributed by atoms with Gasteiger partial charge in [0.1, 0.15) is 12.1 Å². The van der Waals surface area contributed by atoms with Crippen molar-refractivity contribution in [1.82, 2.24) is 9.88 Å². The minimum atomic E-state index is -0.219. The number of nitrogens with one attached hydrogen (secondary N) is 1. The van der Waals surface area contributed by atoms with Gasteiger partial charge in [-0.05, 0) is 23.8 Å². The Morgan fingerprint density at radius 2 is 2.16 bits per heavy atom. The molecule has 0 saturated carbocycles. The summed E-state index contributed by atoms with van der Waals surface area (Å²) in [5.74, 6) is -0.437. The molecule has 0 fully saturated rings. The molecule has 25 heavy (non-hydrogen) atoms. The second-order valence-corrected chi connectivity index (χ2v) is 7.03. The van der Waals surface area contributed by atoms with Crippen molar-refractivity contribution in [2.45, 2.75) is 19.5 Å². The van der Waals surface area contributed by atoms with E-state index in [2.05, 4.69) is 15.2 Å². The van der Waals surface area contributed by atoms with Crippen LogP contribution in [-0.2, 0) is 19.5 Å². The molecule has 1 amide bonds. The van der Waals surface area contributed by atoms with E-state index in [1.54, 1.807) is 6.07 Å². The zero-order chi connectivity index (χ0) is 17.2. The zero-order valence-corrected chi connectivity index (χ0v) is 14.2. The van der Waals surface area contributed by atoms with Crippen LogP contribution in [0.2, 0.25) is 0 Å². The Labute approximate surface area is 148 Å². The molecule has 5 nitrogen and oxygen atoms in total. The van der Waals surface area contributed by atoms with E-state index in [0.717, 1.165) is 42.2 Å². The SMILES string of the molecule is O=C(Nc1nc2c(s1)CN(Cc1ccc(F)cc1)CC2)c1ccoc1. The fourth-order valence-corrected chi connectivity index (χ4v) is 3.89. The van der Waals surface area contributed by atoms with Gasteiger partial charge < -0.3 is 4.42 Å². The number of nitrogens with zero attached hydrogens (tertiary/aromatic N) is 2. The van der Waals surface area contributed by atoms with E-state index in [0.29, 0.717) is 10.7 Å². The summed E-state index contributed by atoms with van der Waals surface area (Å²) in [6, 6.07) is 8.22. The smallest absolute Gasteiger partial charge is 0.260 e. The van der Waals surface area contributed by atoms with Gasteiger partial charge in [0.05, 0.1) is 17.5 Å². The first-order valence-corrected chi connectivity index (χ1v) is 8.78. The van der Waals surface area contributed by atoms with Gasteiger partial charge >= 0.3 is 0 Å². The molecule has 3 heterocycles. The second-order valence-electron chi connectivity index (χ2n) is 5.94.